The molecule has 0 amide bonds. The van der Waals surface area contributed by atoms with Gasteiger partial charge in [-0.15, -0.1) is 24.4 Å². The van der Waals surface area contributed by atoms with E-state index in [0.717, 1.165) is 16.9 Å². The number of hydrogen-bond donors (Lipinski definition) is 1. The lowest BCUT2D eigenvalue weighted by molar-refractivity contribution is -0.110. The number of carbonyl (C=O) groups is 1. The molecule has 112 valence electrons. The number of aldehydes is 1. The van der Waals surface area contributed by atoms with Crippen molar-refractivity contribution in [2.45, 2.75) is 30.6 Å². The molecule has 0 saturated carbocycles. The molecule has 2 rings (SSSR count). The summed E-state index contributed by atoms with van der Waals surface area (Å²) in [6.45, 7) is 6.07. The van der Waals surface area contributed by atoms with Gasteiger partial charge in [-0.3, -0.25) is 0 Å². The first-order valence-corrected chi connectivity index (χ1v) is 8.35. The topological polar surface area (TPSA) is 17.1 Å². The van der Waals surface area contributed by atoms with Gasteiger partial charge in [0, 0.05) is 21.5 Å². The highest BCUT2D eigenvalue weighted by Gasteiger charge is 2.00. The number of thiol groups is 1. The predicted octanol–water partition coefficient (Wildman–Crippen LogP) is 5.21. The Kier molecular flexibility index (Phi) is 8.24. The van der Waals surface area contributed by atoms with E-state index in [4.69, 9.17) is 0 Å². The van der Waals surface area contributed by atoms with Crippen LogP contribution in [0.5, 0.6) is 0 Å². The molecule has 1 atom stereocenters. The smallest absolute Gasteiger partial charge is 0.123 e. The summed E-state index contributed by atoms with van der Waals surface area (Å²) in [5, 5.41) is 0. The maximum atomic E-state index is 10.4. The number of hydrogen-bond acceptors (Lipinski definition) is 3. The lowest BCUT2D eigenvalue weighted by atomic mass is 10.2. The van der Waals surface area contributed by atoms with Crippen molar-refractivity contribution in [1.82, 2.24) is 0 Å². The first kappa shape index (κ1) is 17.9. The Morgan fingerprint density at radius 2 is 1.48 bits per heavy atom. The van der Waals surface area contributed by atoms with Crippen molar-refractivity contribution in [3.8, 4) is 0 Å². The summed E-state index contributed by atoms with van der Waals surface area (Å²) in [6, 6.07) is 16.4. The molecule has 0 fully saturated rings. The lowest BCUT2D eigenvalue weighted by Crippen LogP contribution is -1.98. The summed E-state index contributed by atoms with van der Waals surface area (Å²) in [6.07, 6.45) is 1.00. The van der Waals surface area contributed by atoms with Gasteiger partial charge in [0.1, 0.15) is 6.29 Å². The van der Waals surface area contributed by atoms with Crippen molar-refractivity contribution in [3.05, 3.63) is 59.7 Å². The molecule has 0 aliphatic rings. The fourth-order valence-electron chi connectivity index (χ4n) is 1.45. The second kappa shape index (κ2) is 9.69. The molecule has 0 heterocycles. The summed E-state index contributed by atoms with van der Waals surface area (Å²) in [4.78, 5) is 12.6. The average molecular weight is 319 g/mol. The normalized spacial score (nSPS) is 11.2. The zero-order valence-corrected chi connectivity index (χ0v) is 14.5. The Morgan fingerprint density at radius 3 is 1.90 bits per heavy atom. The number of benzene rings is 2. The van der Waals surface area contributed by atoms with Crippen molar-refractivity contribution in [2.24, 2.45) is 5.92 Å². The highest BCUT2D eigenvalue weighted by molar-refractivity contribution is 7.99. The molecule has 0 saturated heterocycles. The van der Waals surface area contributed by atoms with Crippen LogP contribution in [0.15, 0.2) is 58.3 Å². The summed E-state index contributed by atoms with van der Waals surface area (Å²) in [7, 11) is 0. The molecule has 3 heteroatoms. The lowest BCUT2D eigenvalue weighted by Gasteiger charge is -2.03. The van der Waals surface area contributed by atoms with Crippen molar-refractivity contribution in [3.63, 3.8) is 0 Å². The molecule has 1 unspecified atom stereocenters. The van der Waals surface area contributed by atoms with Gasteiger partial charge in [0.05, 0.1) is 0 Å². The Hall–Kier alpha value is -1.19. The molecule has 0 aromatic heterocycles. The molecule has 21 heavy (non-hydrogen) atoms. The van der Waals surface area contributed by atoms with Gasteiger partial charge < -0.3 is 4.79 Å². The van der Waals surface area contributed by atoms with E-state index in [2.05, 4.69) is 50.7 Å². The quantitative estimate of drug-likeness (QED) is 0.474. The fraction of sp³-hybridized carbons (Fsp3) is 0.278. The van der Waals surface area contributed by atoms with Crippen molar-refractivity contribution in [1.29, 1.82) is 0 Å². The highest BCUT2D eigenvalue weighted by atomic mass is 32.2. The van der Waals surface area contributed by atoms with Crippen LogP contribution in [0, 0.1) is 19.8 Å². The van der Waals surface area contributed by atoms with Gasteiger partial charge in [0.25, 0.3) is 0 Å². The molecule has 1 nitrogen and oxygen atoms in total. The van der Waals surface area contributed by atoms with Crippen LogP contribution in [0.4, 0.5) is 0 Å². The van der Waals surface area contributed by atoms with Gasteiger partial charge in [-0.2, -0.15) is 0 Å². The Labute approximate surface area is 137 Å². The maximum Gasteiger partial charge on any atom is 0.123 e. The minimum Gasteiger partial charge on any atom is -0.303 e. The monoisotopic (exact) mass is 318 g/mol. The molecular formula is C18H22OS2. The minimum absolute atomic E-state index is 0.145. The van der Waals surface area contributed by atoms with Crippen LogP contribution < -0.4 is 0 Å². The van der Waals surface area contributed by atoms with E-state index in [-0.39, 0.29) is 5.92 Å². The van der Waals surface area contributed by atoms with Gasteiger partial charge in [-0.05, 0) is 38.1 Å². The third-order valence-corrected chi connectivity index (χ3v) is 4.40. The van der Waals surface area contributed by atoms with Gasteiger partial charge in [-0.1, -0.05) is 42.3 Å². The number of rotatable bonds is 4. The molecule has 0 spiro atoms. The van der Waals surface area contributed by atoms with Crippen molar-refractivity contribution in [2.75, 3.05) is 5.75 Å². The van der Waals surface area contributed by atoms with E-state index in [1.807, 2.05) is 31.2 Å². The third-order valence-electron chi connectivity index (χ3n) is 2.80. The Morgan fingerprint density at radius 1 is 1.00 bits per heavy atom. The summed E-state index contributed by atoms with van der Waals surface area (Å²) >= 11 is 5.86. The highest BCUT2D eigenvalue weighted by Crippen LogP contribution is 2.20. The predicted molar refractivity (Wildman–Crippen MR) is 95.6 cm³/mol. The third kappa shape index (κ3) is 7.98. The zero-order chi connectivity index (χ0) is 15.7. The Balaban J connectivity index is 0.000000235. The molecule has 0 bridgehead atoms. The molecule has 0 radical (unpaired) electrons. The molecule has 0 N–H and O–H groups in total. The molecule has 2 aromatic rings. The van der Waals surface area contributed by atoms with Crippen LogP contribution in [-0.2, 0) is 4.79 Å². The molecule has 2 aromatic carbocycles. The SMILES string of the molecule is Cc1ccc(S)cc1.Cc1ccc(SCC(C)C=O)cc1. The van der Waals surface area contributed by atoms with E-state index < -0.39 is 0 Å². The van der Waals surface area contributed by atoms with Crippen LogP contribution in [0.2, 0.25) is 0 Å². The second-order valence-corrected chi connectivity index (χ2v) is 6.68. The van der Waals surface area contributed by atoms with E-state index in [1.54, 1.807) is 11.8 Å². The van der Waals surface area contributed by atoms with E-state index in [9.17, 15) is 4.79 Å². The summed E-state index contributed by atoms with van der Waals surface area (Å²) < 4.78 is 0. The number of carbonyl (C=O) groups excluding carboxylic acids is 1. The standard InChI is InChI=1S/C11H14OS.C7H8S/c1-9-3-5-11(6-4-9)13-8-10(2)7-12;1-6-2-4-7(8)5-3-6/h3-7,10H,8H2,1-2H3;2-5,8H,1H3. The van der Waals surface area contributed by atoms with Crippen molar-refractivity contribution >= 4 is 30.7 Å². The van der Waals surface area contributed by atoms with E-state index in [1.165, 1.54) is 16.0 Å². The zero-order valence-electron chi connectivity index (χ0n) is 12.7. The first-order chi connectivity index (χ1) is 10.0. The van der Waals surface area contributed by atoms with Crippen molar-refractivity contribution < 1.29 is 4.79 Å². The van der Waals surface area contributed by atoms with Crippen LogP contribution in [0.1, 0.15) is 18.1 Å². The second-order valence-electron chi connectivity index (χ2n) is 5.07. The first-order valence-electron chi connectivity index (χ1n) is 6.91. The number of aryl methyl sites for hydroxylation is 2. The van der Waals surface area contributed by atoms with Gasteiger partial charge in [-0.25, -0.2) is 0 Å². The van der Waals surface area contributed by atoms with Gasteiger partial charge in [0.15, 0.2) is 0 Å². The van der Waals surface area contributed by atoms with Gasteiger partial charge >= 0.3 is 0 Å². The molecule has 0 aliphatic carbocycles. The summed E-state index contributed by atoms with van der Waals surface area (Å²) in [5.41, 5.74) is 2.55. The average Bonchev–Trinajstić information content (AvgIpc) is 2.50. The van der Waals surface area contributed by atoms with Crippen LogP contribution in [0.3, 0.4) is 0 Å². The molecule has 0 aliphatic heterocycles. The number of thioether (sulfide) groups is 1. The van der Waals surface area contributed by atoms with E-state index >= 15 is 0 Å². The Bertz CT molecular complexity index is 511. The van der Waals surface area contributed by atoms with Crippen LogP contribution >= 0.6 is 24.4 Å². The van der Waals surface area contributed by atoms with E-state index in [0.29, 0.717) is 0 Å². The maximum absolute atomic E-state index is 10.4. The molecular weight excluding hydrogens is 296 g/mol. The van der Waals surface area contributed by atoms with Gasteiger partial charge in [0.2, 0.25) is 0 Å². The fourth-order valence-corrected chi connectivity index (χ4v) is 2.46. The van der Waals surface area contributed by atoms with Crippen LogP contribution in [0.25, 0.3) is 0 Å². The largest absolute Gasteiger partial charge is 0.303 e. The van der Waals surface area contributed by atoms with Crippen LogP contribution in [-0.4, -0.2) is 12.0 Å². The summed E-state index contributed by atoms with van der Waals surface area (Å²) in [5.74, 6) is 1.01. The minimum atomic E-state index is 0.145.